The van der Waals surface area contributed by atoms with E-state index in [0.29, 0.717) is 0 Å². The number of benzene rings is 11. The maximum atomic E-state index is 2.52. The van der Waals surface area contributed by atoms with Crippen LogP contribution in [0.2, 0.25) is 0 Å². The molecule has 0 unspecified atom stereocenters. The summed E-state index contributed by atoms with van der Waals surface area (Å²) in [6.45, 7) is 0. The summed E-state index contributed by atoms with van der Waals surface area (Å²) in [5, 5.41) is 15.2. The Hall–Kier alpha value is -7.72. The van der Waals surface area contributed by atoms with Crippen molar-refractivity contribution in [2.75, 3.05) is 4.90 Å². The number of rotatable bonds is 5. The van der Waals surface area contributed by atoms with Crippen molar-refractivity contribution in [1.82, 2.24) is 4.57 Å². The normalized spacial score (nSPS) is 11.9. The van der Waals surface area contributed by atoms with Crippen LogP contribution in [0.5, 0.6) is 0 Å². The Kier molecular flexibility index (Phi) is 7.51. The minimum Gasteiger partial charge on any atom is -0.309 e. The second-order valence-electron chi connectivity index (χ2n) is 16.1. The lowest BCUT2D eigenvalue weighted by Crippen LogP contribution is -2.10. The van der Waals surface area contributed by atoms with E-state index in [2.05, 4.69) is 228 Å². The van der Waals surface area contributed by atoms with Crippen LogP contribution in [-0.2, 0) is 0 Å². The molecular formula is C58H36N2S. The molecule has 0 radical (unpaired) electrons. The Labute approximate surface area is 356 Å². The van der Waals surface area contributed by atoms with Crippen LogP contribution >= 0.6 is 11.3 Å². The number of hydrogen-bond donors (Lipinski definition) is 0. The van der Waals surface area contributed by atoms with Crippen LogP contribution in [0.1, 0.15) is 0 Å². The zero-order chi connectivity index (χ0) is 40.0. The van der Waals surface area contributed by atoms with Crippen LogP contribution in [0, 0.1) is 0 Å². The van der Waals surface area contributed by atoms with Gasteiger partial charge in [-0.1, -0.05) is 152 Å². The number of aromatic nitrogens is 1. The zero-order valence-electron chi connectivity index (χ0n) is 33.1. The summed E-state index contributed by atoms with van der Waals surface area (Å²) >= 11 is 1.89. The lowest BCUT2D eigenvalue weighted by molar-refractivity contribution is 1.18. The third-order valence-electron chi connectivity index (χ3n) is 12.7. The molecule has 0 aliphatic rings. The molecule has 13 rings (SSSR count). The Bertz CT molecular complexity index is 3880. The standard InChI is InChI=1S/C58H36N2S/c1-2-16-44(17-3-1)60-52-22-11-21-51(57(52)50-35-41-14-4-5-15-42(41)36-54(50)60)59(53-23-10-20-48-56-47-19-9-7-13-39(47)30-33-55(56)61-58(48)53)45-31-28-37(29-32-45)43-27-26-40-25-24-38-12-6-8-18-46(38)49(40)34-43/h1-36H. The highest BCUT2D eigenvalue weighted by Gasteiger charge is 2.24. The van der Waals surface area contributed by atoms with Crippen molar-refractivity contribution in [3.63, 3.8) is 0 Å². The average Bonchev–Trinajstić information content (AvgIpc) is 3.88. The first-order valence-corrected chi connectivity index (χ1v) is 21.7. The quantitative estimate of drug-likeness (QED) is 0.158. The molecule has 3 heteroatoms. The maximum absolute atomic E-state index is 2.52. The van der Waals surface area contributed by atoms with Gasteiger partial charge in [-0.15, -0.1) is 11.3 Å². The lowest BCUT2D eigenvalue weighted by Gasteiger charge is -2.27. The van der Waals surface area contributed by atoms with Gasteiger partial charge in [-0.05, 0) is 121 Å². The van der Waals surface area contributed by atoms with E-state index >= 15 is 0 Å². The SMILES string of the molecule is c1ccc(-n2c3cc4ccccc4cc3c3c(N(c4ccc(-c5ccc6ccc7ccccc7c6c5)cc4)c4cccc5c4sc4ccc6ccccc6c45)cccc32)cc1. The molecule has 2 heterocycles. The van der Waals surface area contributed by atoms with Crippen LogP contribution in [0.25, 0.3) is 102 Å². The maximum Gasteiger partial charge on any atom is 0.0640 e. The molecule has 0 spiro atoms. The number of fused-ring (bicyclic) bond motifs is 12. The summed E-state index contributed by atoms with van der Waals surface area (Å²) in [5.74, 6) is 0. The Morgan fingerprint density at radius 1 is 0.344 bits per heavy atom. The Balaban J connectivity index is 1.08. The highest BCUT2D eigenvalue weighted by Crippen LogP contribution is 2.50. The fourth-order valence-electron chi connectivity index (χ4n) is 9.90. The summed E-state index contributed by atoms with van der Waals surface area (Å²) in [7, 11) is 0. The summed E-state index contributed by atoms with van der Waals surface area (Å²) in [6, 6.07) is 80.6. The van der Waals surface area contributed by atoms with Gasteiger partial charge in [0.2, 0.25) is 0 Å². The molecule has 0 fully saturated rings. The fraction of sp³-hybridized carbons (Fsp3) is 0. The van der Waals surface area contributed by atoms with Gasteiger partial charge in [0.05, 0.1) is 27.1 Å². The molecule has 0 amide bonds. The number of para-hydroxylation sites is 1. The molecule has 2 aromatic heterocycles. The number of anilines is 3. The topological polar surface area (TPSA) is 8.17 Å². The van der Waals surface area contributed by atoms with E-state index in [-0.39, 0.29) is 0 Å². The summed E-state index contributed by atoms with van der Waals surface area (Å²) in [6.07, 6.45) is 0. The first kappa shape index (κ1) is 34.2. The van der Waals surface area contributed by atoms with Gasteiger partial charge in [-0.3, -0.25) is 0 Å². The van der Waals surface area contributed by atoms with E-state index in [0.717, 1.165) is 17.1 Å². The van der Waals surface area contributed by atoms with E-state index < -0.39 is 0 Å². The van der Waals surface area contributed by atoms with Crippen LogP contribution in [-0.4, -0.2) is 4.57 Å². The van der Waals surface area contributed by atoms with Crippen LogP contribution in [0.3, 0.4) is 0 Å². The predicted molar refractivity (Wildman–Crippen MR) is 264 cm³/mol. The van der Waals surface area contributed by atoms with Gasteiger partial charge in [0.1, 0.15) is 0 Å². The van der Waals surface area contributed by atoms with Crippen molar-refractivity contribution in [2.45, 2.75) is 0 Å². The molecule has 0 saturated carbocycles. The summed E-state index contributed by atoms with van der Waals surface area (Å²) < 4.78 is 5.01. The molecule has 284 valence electrons. The van der Waals surface area contributed by atoms with Crippen molar-refractivity contribution in [1.29, 1.82) is 0 Å². The van der Waals surface area contributed by atoms with Gasteiger partial charge >= 0.3 is 0 Å². The zero-order valence-corrected chi connectivity index (χ0v) is 33.9. The molecule has 13 aromatic rings. The average molecular weight is 793 g/mol. The third kappa shape index (κ3) is 5.28. The molecule has 0 atom stereocenters. The molecule has 11 aromatic carbocycles. The minimum atomic E-state index is 1.11. The molecule has 2 nitrogen and oxygen atoms in total. The monoisotopic (exact) mass is 792 g/mol. The number of nitrogens with zero attached hydrogens (tertiary/aromatic N) is 2. The first-order valence-electron chi connectivity index (χ1n) is 20.9. The van der Waals surface area contributed by atoms with Crippen molar-refractivity contribution < 1.29 is 0 Å². The molecule has 0 aliphatic heterocycles. The van der Waals surface area contributed by atoms with Crippen molar-refractivity contribution >= 4 is 113 Å². The molecular weight excluding hydrogens is 757 g/mol. The van der Waals surface area contributed by atoms with E-state index in [1.165, 1.54) is 102 Å². The van der Waals surface area contributed by atoms with Crippen molar-refractivity contribution in [2.24, 2.45) is 0 Å². The second-order valence-corrected chi connectivity index (χ2v) is 17.1. The summed E-state index contributed by atoms with van der Waals surface area (Å²) in [5.41, 5.74) is 9.34. The van der Waals surface area contributed by atoms with Crippen molar-refractivity contribution in [3.8, 4) is 16.8 Å². The summed E-state index contributed by atoms with van der Waals surface area (Å²) in [4.78, 5) is 2.52. The highest BCUT2D eigenvalue weighted by molar-refractivity contribution is 7.26. The van der Waals surface area contributed by atoms with Gasteiger partial charge < -0.3 is 9.47 Å². The van der Waals surface area contributed by atoms with Gasteiger partial charge in [-0.25, -0.2) is 0 Å². The predicted octanol–water partition coefficient (Wildman–Crippen LogP) is 16.9. The van der Waals surface area contributed by atoms with E-state index in [1.54, 1.807) is 0 Å². The molecule has 61 heavy (non-hydrogen) atoms. The Morgan fingerprint density at radius 2 is 0.951 bits per heavy atom. The largest absolute Gasteiger partial charge is 0.309 e. The van der Waals surface area contributed by atoms with Crippen LogP contribution in [0.15, 0.2) is 218 Å². The van der Waals surface area contributed by atoms with E-state index in [4.69, 9.17) is 0 Å². The highest BCUT2D eigenvalue weighted by atomic mass is 32.1. The van der Waals surface area contributed by atoms with Gasteiger partial charge in [0.15, 0.2) is 0 Å². The molecule has 0 bridgehead atoms. The molecule has 0 saturated heterocycles. The Morgan fingerprint density at radius 3 is 1.77 bits per heavy atom. The van der Waals surface area contributed by atoms with Crippen molar-refractivity contribution in [3.05, 3.63) is 218 Å². The van der Waals surface area contributed by atoms with Crippen LogP contribution < -0.4 is 4.90 Å². The second kappa shape index (κ2) is 13.4. The van der Waals surface area contributed by atoms with Gasteiger partial charge in [-0.2, -0.15) is 0 Å². The first-order chi connectivity index (χ1) is 30.2. The number of hydrogen-bond acceptors (Lipinski definition) is 2. The number of thiophene rings is 1. The lowest BCUT2D eigenvalue weighted by atomic mass is 9.97. The fourth-order valence-corrected chi connectivity index (χ4v) is 11.1. The van der Waals surface area contributed by atoms with Crippen LogP contribution in [0.4, 0.5) is 17.1 Å². The smallest absolute Gasteiger partial charge is 0.0640 e. The van der Waals surface area contributed by atoms with Gasteiger partial charge in [0, 0.05) is 37.6 Å². The molecule has 0 aliphatic carbocycles. The van der Waals surface area contributed by atoms with E-state index in [1.807, 2.05) is 11.3 Å². The molecule has 0 N–H and O–H groups in total. The third-order valence-corrected chi connectivity index (χ3v) is 13.9. The van der Waals surface area contributed by atoms with E-state index in [9.17, 15) is 0 Å². The minimum absolute atomic E-state index is 1.11. The van der Waals surface area contributed by atoms with Gasteiger partial charge in [0.25, 0.3) is 0 Å².